The number of nitrogens with one attached hydrogen (secondary N) is 1. The van der Waals surface area contributed by atoms with Gasteiger partial charge in [-0.3, -0.25) is 24.4 Å². The number of benzene rings is 1. The van der Waals surface area contributed by atoms with Gasteiger partial charge in [0.2, 0.25) is 11.8 Å². The Labute approximate surface area is 216 Å². The molecule has 1 N–H and O–H groups in total. The molecule has 1 aliphatic heterocycles. The summed E-state index contributed by atoms with van der Waals surface area (Å²) < 4.78 is 0. The second kappa shape index (κ2) is 11.1. The summed E-state index contributed by atoms with van der Waals surface area (Å²) in [5.41, 5.74) is 2.66. The van der Waals surface area contributed by atoms with Crippen LogP contribution in [-0.2, 0) is 15.0 Å². The average molecular weight is 491 g/mol. The van der Waals surface area contributed by atoms with Crippen molar-refractivity contribution < 1.29 is 9.59 Å². The molecule has 0 radical (unpaired) electrons. The highest BCUT2D eigenvalue weighted by atomic mass is 16.2. The van der Waals surface area contributed by atoms with Gasteiger partial charge in [-0.25, -0.2) is 0 Å². The van der Waals surface area contributed by atoms with Crippen molar-refractivity contribution in [3.05, 3.63) is 59.9 Å². The Hall–Kier alpha value is -2.73. The van der Waals surface area contributed by atoms with Crippen LogP contribution < -0.4 is 10.2 Å². The van der Waals surface area contributed by atoms with E-state index in [1.54, 1.807) is 17.3 Å². The molecule has 0 bridgehead atoms. The van der Waals surface area contributed by atoms with Gasteiger partial charge in [0.15, 0.2) is 0 Å². The summed E-state index contributed by atoms with van der Waals surface area (Å²) in [7, 11) is 2.02. The van der Waals surface area contributed by atoms with Gasteiger partial charge >= 0.3 is 0 Å². The highest BCUT2D eigenvalue weighted by molar-refractivity contribution is 6.04. The first-order chi connectivity index (χ1) is 17.2. The minimum absolute atomic E-state index is 0.00439. The highest BCUT2D eigenvalue weighted by Crippen LogP contribution is 2.34. The number of hydrogen-bond donors (Lipinski definition) is 1. The lowest BCUT2D eigenvalue weighted by molar-refractivity contribution is -0.129. The molecule has 2 heterocycles. The molecule has 1 saturated heterocycles. The lowest BCUT2D eigenvalue weighted by Gasteiger charge is -2.36. The van der Waals surface area contributed by atoms with Crippen LogP contribution in [0.5, 0.6) is 0 Å². The summed E-state index contributed by atoms with van der Waals surface area (Å²) in [5, 5.41) is 3.29. The molecule has 1 aromatic carbocycles. The Kier molecular flexibility index (Phi) is 8.13. The van der Waals surface area contributed by atoms with Gasteiger partial charge < -0.3 is 5.32 Å². The van der Waals surface area contributed by atoms with Crippen LogP contribution >= 0.6 is 0 Å². The van der Waals surface area contributed by atoms with Crippen LogP contribution in [0, 0.1) is 0 Å². The van der Waals surface area contributed by atoms with Crippen LogP contribution in [0.15, 0.2) is 48.8 Å². The number of carbonyl (C=O) groups excluding carboxylic acids is 2. The van der Waals surface area contributed by atoms with Crippen LogP contribution in [0.3, 0.4) is 0 Å². The maximum atomic E-state index is 14.3. The van der Waals surface area contributed by atoms with Gasteiger partial charge in [0, 0.05) is 35.7 Å². The number of likely N-dealkylation sites (tertiary alicyclic amines) is 1. The first kappa shape index (κ1) is 26.3. The van der Waals surface area contributed by atoms with Crippen LogP contribution in [0.25, 0.3) is 0 Å². The fourth-order valence-corrected chi connectivity index (χ4v) is 5.58. The van der Waals surface area contributed by atoms with Gasteiger partial charge in [-0.15, -0.1) is 0 Å². The summed E-state index contributed by atoms with van der Waals surface area (Å²) in [6, 6.07) is 11.3. The van der Waals surface area contributed by atoms with Gasteiger partial charge in [0.25, 0.3) is 0 Å². The first-order valence-corrected chi connectivity index (χ1v) is 13.5. The van der Waals surface area contributed by atoms with E-state index >= 15 is 0 Å². The number of aromatic nitrogens is 1. The molecule has 36 heavy (non-hydrogen) atoms. The predicted octanol–water partition coefficient (Wildman–Crippen LogP) is 5.39. The third kappa shape index (κ3) is 5.80. The zero-order valence-electron chi connectivity index (χ0n) is 22.5. The minimum atomic E-state index is -0.780. The normalized spacial score (nSPS) is 22.2. The minimum Gasteiger partial charge on any atom is -0.351 e. The molecule has 1 saturated carbocycles. The molecule has 1 aromatic heterocycles. The van der Waals surface area contributed by atoms with Crippen LogP contribution in [-0.4, -0.2) is 46.9 Å². The largest absolute Gasteiger partial charge is 0.351 e. The maximum absolute atomic E-state index is 14.3. The molecular weight excluding hydrogens is 448 g/mol. The van der Waals surface area contributed by atoms with Crippen molar-refractivity contribution in [1.29, 1.82) is 0 Å². The van der Waals surface area contributed by atoms with Crippen molar-refractivity contribution in [3.63, 3.8) is 0 Å². The van der Waals surface area contributed by atoms with Crippen molar-refractivity contribution in [2.75, 3.05) is 11.9 Å². The lowest BCUT2D eigenvalue weighted by Crippen LogP contribution is -2.52. The third-order valence-corrected chi connectivity index (χ3v) is 8.04. The molecule has 2 aromatic rings. The number of amides is 2. The number of carbonyl (C=O) groups is 2. The lowest BCUT2D eigenvalue weighted by atomic mass is 9.87. The molecular formula is C30H42N4O2. The Morgan fingerprint density at radius 3 is 2.28 bits per heavy atom. The quantitative estimate of drug-likeness (QED) is 0.590. The number of rotatable bonds is 6. The molecule has 2 aliphatic rings. The standard InChI is InChI=1S/C30H42N4O2/c1-21-13-18-26(33(21)5)29(36)34(25-16-14-23(15-17-25)30(2,3)4)27(22-10-9-19-31-20-22)28(35)32-24-11-7-6-8-12-24/h9-10,14-17,19-21,24,26-27H,6-8,11-13,18H2,1-5H3,(H,32,35)/t21-,26-,27?/m1/s1. The Balaban J connectivity index is 1.76. The zero-order chi connectivity index (χ0) is 25.9. The van der Waals surface area contributed by atoms with Gasteiger partial charge in [0.05, 0.1) is 6.04 Å². The smallest absolute Gasteiger partial charge is 0.248 e. The fraction of sp³-hybridized carbons (Fsp3) is 0.567. The van der Waals surface area contributed by atoms with Crippen molar-refractivity contribution in [1.82, 2.24) is 15.2 Å². The number of hydrogen-bond acceptors (Lipinski definition) is 4. The van der Waals surface area contributed by atoms with E-state index in [0.29, 0.717) is 6.04 Å². The highest BCUT2D eigenvalue weighted by Gasteiger charge is 2.41. The van der Waals surface area contributed by atoms with E-state index in [1.807, 2.05) is 31.3 Å². The van der Waals surface area contributed by atoms with Crippen LogP contribution in [0.2, 0.25) is 0 Å². The van der Waals surface area contributed by atoms with E-state index < -0.39 is 6.04 Å². The van der Waals surface area contributed by atoms with Gasteiger partial charge in [-0.05, 0) is 68.8 Å². The summed E-state index contributed by atoms with van der Waals surface area (Å²) in [4.78, 5) is 36.5. The maximum Gasteiger partial charge on any atom is 0.248 e. The molecule has 0 spiro atoms. The summed E-state index contributed by atoms with van der Waals surface area (Å²) in [5.74, 6) is -0.158. The molecule has 194 valence electrons. The van der Waals surface area contributed by atoms with Crippen molar-refractivity contribution in [3.8, 4) is 0 Å². The zero-order valence-corrected chi connectivity index (χ0v) is 22.5. The van der Waals surface area contributed by atoms with Gasteiger partial charge in [0.1, 0.15) is 6.04 Å². The summed E-state index contributed by atoms with van der Waals surface area (Å²) in [6.45, 7) is 8.69. The van der Waals surface area contributed by atoms with E-state index in [2.05, 4.69) is 55.0 Å². The third-order valence-electron chi connectivity index (χ3n) is 8.04. The number of anilines is 1. The summed E-state index contributed by atoms with van der Waals surface area (Å²) >= 11 is 0. The van der Waals surface area contributed by atoms with Crippen molar-refractivity contribution in [2.24, 2.45) is 0 Å². The molecule has 1 aliphatic carbocycles. The topological polar surface area (TPSA) is 65.5 Å². The summed E-state index contributed by atoms with van der Waals surface area (Å²) in [6.07, 6.45) is 10.6. The second-order valence-electron chi connectivity index (χ2n) is 11.6. The van der Waals surface area contributed by atoms with Crippen molar-refractivity contribution in [2.45, 2.75) is 102 Å². The molecule has 2 amide bonds. The fourth-order valence-electron chi connectivity index (χ4n) is 5.58. The Morgan fingerprint density at radius 1 is 1.03 bits per heavy atom. The van der Waals surface area contributed by atoms with Crippen LogP contribution in [0.4, 0.5) is 5.69 Å². The molecule has 2 fully saturated rings. The molecule has 3 atom stereocenters. The predicted molar refractivity (Wildman–Crippen MR) is 145 cm³/mol. The first-order valence-electron chi connectivity index (χ1n) is 13.5. The average Bonchev–Trinajstić information content (AvgIpc) is 3.20. The number of pyridine rings is 1. The van der Waals surface area contributed by atoms with Crippen molar-refractivity contribution >= 4 is 17.5 Å². The molecule has 6 heteroatoms. The SMILES string of the molecule is C[C@@H]1CC[C@H](C(=O)N(c2ccc(C(C)(C)C)cc2)C(C(=O)NC2CCCCC2)c2cccnc2)N1C. The van der Waals surface area contributed by atoms with E-state index in [9.17, 15) is 9.59 Å². The van der Waals surface area contributed by atoms with Gasteiger partial charge in [-0.1, -0.05) is 58.2 Å². The van der Waals surface area contributed by atoms with Gasteiger partial charge in [-0.2, -0.15) is 0 Å². The Morgan fingerprint density at radius 2 is 1.72 bits per heavy atom. The molecule has 4 rings (SSSR count). The number of likely N-dealkylation sites (N-methyl/N-ethyl adjacent to an activating group) is 1. The van der Waals surface area contributed by atoms with E-state index in [0.717, 1.165) is 49.8 Å². The molecule has 1 unspecified atom stereocenters. The molecule has 6 nitrogen and oxygen atoms in total. The van der Waals surface area contributed by atoms with Crippen LogP contribution in [0.1, 0.15) is 89.8 Å². The monoisotopic (exact) mass is 490 g/mol. The Bertz CT molecular complexity index is 1030. The van der Waals surface area contributed by atoms with E-state index in [-0.39, 0.29) is 29.3 Å². The van der Waals surface area contributed by atoms with E-state index in [4.69, 9.17) is 0 Å². The second-order valence-corrected chi connectivity index (χ2v) is 11.6. The van der Waals surface area contributed by atoms with E-state index in [1.165, 1.54) is 12.0 Å². The number of nitrogens with zero attached hydrogens (tertiary/aromatic N) is 3.